The van der Waals surface area contributed by atoms with Gasteiger partial charge in [-0.25, -0.2) is 0 Å². The second-order valence-electron chi connectivity index (χ2n) is 4.61. The van der Waals surface area contributed by atoms with Crippen molar-refractivity contribution in [2.24, 2.45) is 0 Å². The van der Waals surface area contributed by atoms with Gasteiger partial charge in [-0.1, -0.05) is 24.3 Å². The Morgan fingerprint density at radius 1 is 1.11 bits per heavy atom. The molecule has 0 aliphatic heterocycles. The van der Waals surface area contributed by atoms with E-state index in [4.69, 9.17) is 0 Å². The Bertz CT molecular complexity index is 505. The Morgan fingerprint density at radius 2 is 1.89 bits per heavy atom. The normalized spacial score (nSPS) is 12.4. The molecular formula is C15H19N3. The van der Waals surface area contributed by atoms with Gasteiger partial charge in [-0.05, 0) is 31.9 Å². The van der Waals surface area contributed by atoms with Crippen LogP contribution in [-0.4, -0.2) is 9.97 Å². The SMILES string of the molecule is Cc1cnc(CNC(C)c2ccccc2C)cn1. The van der Waals surface area contributed by atoms with Gasteiger partial charge in [-0.2, -0.15) is 0 Å². The molecule has 0 spiro atoms. The quantitative estimate of drug-likeness (QED) is 0.894. The topological polar surface area (TPSA) is 37.8 Å². The number of nitrogens with zero attached hydrogens (tertiary/aromatic N) is 2. The largest absolute Gasteiger partial charge is 0.304 e. The number of hydrogen-bond donors (Lipinski definition) is 1. The molecule has 0 saturated carbocycles. The van der Waals surface area contributed by atoms with Crippen LogP contribution in [-0.2, 0) is 6.54 Å². The van der Waals surface area contributed by atoms with Crippen LogP contribution in [0.5, 0.6) is 0 Å². The molecule has 0 radical (unpaired) electrons. The minimum absolute atomic E-state index is 0.314. The monoisotopic (exact) mass is 241 g/mol. The maximum absolute atomic E-state index is 4.34. The van der Waals surface area contributed by atoms with Crippen molar-refractivity contribution >= 4 is 0 Å². The number of aromatic nitrogens is 2. The van der Waals surface area contributed by atoms with E-state index < -0.39 is 0 Å². The number of hydrogen-bond acceptors (Lipinski definition) is 3. The number of rotatable bonds is 4. The van der Waals surface area contributed by atoms with Crippen molar-refractivity contribution in [1.82, 2.24) is 15.3 Å². The van der Waals surface area contributed by atoms with Crippen molar-refractivity contribution in [3.63, 3.8) is 0 Å². The Hall–Kier alpha value is -1.74. The third kappa shape index (κ3) is 3.14. The summed E-state index contributed by atoms with van der Waals surface area (Å²) in [4.78, 5) is 8.59. The highest BCUT2D eigenvalue weighted by Crippen LogP contribution is 2.16. The van der Waals surface area contributed by atoms with Gasteiger partial charge in [0.15, 0.2) is 0 Å². The Kier molecular flexibility index (Phi) is 4.05. The van der Waals surface area contributed by atoms with Gasteiger partial charge >= 0.3 is 0 Å². The predicted molar refractivity (Wildman–Crippen MR) is 73.2 cm³/mol. The van der Waals surface area contributed by atoms with E-state index in [0.717, 1.165) is 17.9 Å². The van der Waals surface area contributed by atoms with E-state index in [0.29, 0.717) is 6.04 Å². The fraction of sp³-hybridized carbons (Fsp3) is 0.333. The minimum Gasteiger partial charge on any atom is -0.304 e. The maximum atomic E-state index is 4.34. The van der Waals surface area contributed by atoms with Crippen LogP contribution in [0.1, 0.15) is 35.5 Å². The lowest BCUT2D eigenvalue weighted by Gasteiger charge is -2.16. The van der Waals surface area contributed by atoms with Gasteiger partial charge in [-0.15, -0.1) is 0 Å². The molecule has 2 aromatic rings. The van der Waals surface area contributed by atoms with Crippen molar-refractivity contribution in [3.8, 4) is 0 Å². The van der Waals surface area contributed by atoms with Gasteiger partial charge in [0, 0.05) is 25.0 Å². The molecule has 3 nitrogen and oxygen atoms in total. The van der Waals surface area contributed by atoms with E-state index in [1.54, 1.807) is 6.20 Å². The Labute approximate surface area is 108 Å². The molecule has 0 aliphatic carbocycles. The third-order valence-electron chi connectivity index (χ3n) is 3.08. The average Bonchev–Trinajstić information content (AvgIpc) is 2.38. The molecule has 1 unspecified atom stereocenters. The first-order valence-corrected chi connectivity index (χ1v) is 6.23. The molecule has 1 heterocycles. The first kappa shape index (κ1) is 12.7. The summed E-state index contributed by atoms with van der Waals surface area (Å²) in [7, 11) is 0. The molecule has 1 aromatic carbocycles. The molecule has 2 rings (SSSR count). The van der Waals surface area contributed by atoms with Crippen LogP contribution in [0.3, 0.4) is 0 Å². The zero-order chi connectivity index (χ0) is 13.0. The summed E-state index contributed by atoms with van der Waals surface area (Å²) in [5.74, 6) is 0. The maximum Gasteiger partial charge on any atom is 0.0724 e. The zero-order valence-corrected chi connectivity index (χ0v) is 11.1. The van der Waals surface area contributed by atoms with Crippen LogP contribution >= 0.6 is 0 Å². The van der Waals surface area contributed by atoms with Crippen molar-refractivity contribution in [3.05, 3.63) is 59.2 Å². The molecule has 18 heavy (non-hydrogen) atoms. The van der Waals surface area contributed by atoms with Crippen molar-refractivity contribution in [1.29, 1.82) is 0 Å². The molecule has 0 aliphatic rings. The molecular weight excluding hydrogens is 222 g/mol. The highest BCUT2D eigenvalue weighted by molar-refractivity contribution is 5.28. The summed E-state index contributed by atoms with van der Waals surface area (Å²) in [6.45, 7) is 6.99. The van der Waals surface area contributed by atoms with E-state index in [1.807, 2.05) is 13.1 Å². The van der Waals surface area contributed by atoms with Crippen LogP contribution in [0.15, 0.2) is 36.7 Å². The number of benzene rings is 1. The fourth-order valence-electron chi connectivity index (χ4n) is 1.95. The first-order valence-electron chi connectivity index (χ1n) is 6.23. The molecule has 1 atom stereocenters. The summed E-state index contributed by atoms with van der Waals surface area (Å²) in [6.07, 6.45) is 3.63. The molecule has 3 heteroatoms. The lowest BCUT2D eigenvalue weighted by Crippen LogP contribution is -2.19. The second-order valence-corrected chi connectivity index (χ2v) is 4.61. The van der Waals surface area contributed by atoms with Gasteiger partial charge in [0.1, 0.15) is 0 Å². The highest BCUT2D eigenvalue weighted by Gasteiger charge is 2.07. The van der Waals surface area contributed by atoms with Gasteiger partial charge in [0.2, 0.25) is 0 Å². The van der Waals surface area contributed by atoms with E-state index in [9.17, 15) is 0 Å². The van der Waals surface area contributed by atoms with Crippen LogP contribution in [0.2, 0.25) is 0 Å². The van der Waals surface area contributed by atoms with Crippen LogP contribution in [0.25, 0.3) is 0 Å². The molecule has 94 valence electrons. The minimum atomic E-state index is 0.314. The summed E-state index contributed by atoms with van der Waals surface area (Å²) < 4.78 is 0. The lowest BCUT2D eigenvalue weighted by molar-refractivity contribution is 0.564. The summed E-state index contributed by atoms with van der Waals surface area (Å²) >= 11 is 0. The Morgan fingerprint density at radius 3 is 2.56 bits per heavy atom. The lowest BCUT2D eigenvalue weighted by atomic mass is 10.0. The highest BCUT2D eigenvalue weighted by atomic mass is 14.9. The first-order chi connectivity index (χ1) is 8.66. The van der Waals surface area contributed by atoms with Gasteiger partial charge in [0.25, 0.3) is 0 Å². The summed E-state index contributed by atoms with van der Waals surface area (Å²) in [5.41, 5.74) is 4.57. The smallest absolute Gasteiger partial charge is 0.0724 e. The zero-order valence-electron chi connectivity index (χ0n) is 11.1. The Balaban J connectivity index is 1.98. The summed E-state index contributed by atoms with van der Waals surface area (Å²) in [6, 6.07) is 8.75. The van der Waals surface area contributed by atoms with Gasteiger partial charge in [-0.3, -0.25) is 9.97 Å². The molecule has 0 fully saturated rings. The molecule has 0 amide bonds. The van der Waals surface area contributed by atoms with Crippen molar-refractivity contribution < 1.29 is 0 Å². The van der Waals surface area contributed by atoms with E-state index in [2.05, 4.69) is 53.4 Å². The van der Waals surface area contributed by atoms with Gasteiger partial charge in [0.05, 0.1) is 11.4 Å². The molecule has 0 saturated heterocycles. The van der Waals surface area contributed by atoms with Crippen LogP contribution in [0, 0.1) is 13.8 Å². The van der Waals surface area contributed by atoms with Crippen LogP contribution < -0.4 is 5.32 Å². The molecule has 1 aromatic heterocycles. The number of aryl methyl sites for hydroxylation is 2. The van der Waals surface area contributed by atoms with E-state index >= 15 is 0 Å². The van der Waals surface area contributed by atoms with Crippen molar-refractivity contribution in [2.45, 2.75) is 33.4 Å². The standard InChI is InChI=1S/C15H19N3/c1-11-6-4-5-7-15(11)13(3)17-10-14-9-16-12(2)8-18-14/h4-9,13,17H,10H2,1-3H3. The third-order valence-corrected chi connectivity index (χ3v) is 3.08. The fourth-order valence-corrected chi connectivity index (χ4v) is 1.95. The summed E-state index contributed by atoms with van der Waals surface area (Å²) in [5, 5.41) is 3.47. The van der Waals surface area contributed by atoms with E-state index in [-0.39, 0.29) is 0 Å². The second kappa shape index (κ2) is 5.74. The molecule has 1 N–H and O–H groups in total. The van der Waals surface area contributed by atoms with Crippen molar-refractivity contribution in [2.75, 3.05) is 0 Å². The number of nitrogens with one attached hydrogen (secondary N) is 1. The van der Waals surface area contributed by atoms with E-state index in [1.165, 1.54) is 11.1 Å². The van der Waals surface area contributed by atoms with Gasteiger partial charge < -0.3 is 5.32 Å². The predicted octanol–water partition coefficient (Wildman–Crippen LogP) is 2.94. The molecule has 0 bridgehead atoms. The average molecular weight is 241 g/mol. The van der Waals surface area contributed by atoms with Crippen LogP contribution in [0.4, 0.5) is 0 Å².